The lowest BCUT2D eigenvalue weighted by Gasteiger charge is -2.42. The van der Waals surface area contributed by atoms with E-state index in [2.05, 4.69) is 49.2 Å². The van der Waals surface area contributed by atoms with Gasteiger partial charge in [0.25, 0.3) is 0 Å². The highest BCUT2D eigenvalue weighted by Gasteiger charge is 2.42. The lowest BCUT2D eigenvalue weighted by molar-refractivity contribution is 0.105. The molecule has 20 heavy (non-hydrogen) atoms. The molecule has 6 heteroatoms. The Morgan fingerprint density at radius 3 is 2.15 bits per heavy atom. The summed E-state index contributed by atoms with van der Waals surface area (Å²) in [7, 11) is 0.00165. The largest absolute Gasteiger partial charge is 0.410 e. The lowest BCUT2D eigenvalue weighted by Crippen LogP contribution is -2.54. The summed E-state index contributed by atoms with van der Waals surface area (Å²) >= 11 is 6.02. The number of hydrogen-bond donors (Lipinski definition) is 1. The summed E-state index contributed by atoms with van der Waals surface area (Å²) in [6, 6.07) is 0. The zero-order valence-corrected chi connectivity index (χ0v) is 16.1. The van der Waals surface area contributed by atoms with Gasteiger partial charge in [-0.05, 0) is 57.6 Å². The topological polar surface area (TPSA) is 46.0 Å². The number of likely N-dealkylation sites (N-methyl/N-ethyl adjacent to an activating group) is 1. The van der Waals surface area contributed by atoms with Gasteiger partial charge in [-0.2, -0.15) is 0 Å². The van der Waals surface area contributed by atoms with Crippen molar-refractivity contribution in [3.05, 3.63) is 0 Å². The van der Waals surface area contributed by atoms with Gasteiger partial charge in [0, 0.05) is 6.21 Å². The maximum absolute atomic E-state index is 6.40. The van der Waals surface area contributed by atoms with Crippen LogP contribution in [0.1, 0.15) is 41.5 Å². The van der Waals surface area contributed by atoms with Gasteiger partial charge in [0.1, 0.15) is 5.66 Å². The van der Waals surface area contributed by atoms with Crippen molar-refractivity contribution in [2.45, 2.75) is 71.4 Å². The average Bonchev–Trinajstić information content (AvgIpc) is 2.26. The second kappa shape index (κ2) is 7.16. The second-order valence-corrected chi connectivity index (χ2v) is 11.8. The highest BCUT2D eigenvalue weighted by molar-refractivity contribution is 6.74. The third kappa shape index (κ3) is 5.28. The molecule has 1 N–H and O–H groups in total. The number of nitrogens with zero attached hydrogens (tertiary/aromatic N) is 2. The minimum atomic E-state index is -1.85. The molecule has 0 saturated heterocycles. The molecule has 4 nitrogen and oxygen atoms in total. The number of hydrogen-bond acceptors (Lipinski definition) is 3. The van der Waals surface area contributed by atoms with Crippen LogP contribution in [-0.2, 0) is 4.43 Å². The SMILES string of the molecule is CC=NC(Cl)=NC(C)(NC)C(C)O[Si](C)(C)C(C)(C)C. The van der Waals surface area contributed by atoms with Gasteiger partial charge >= 0.3 is 0 Å². The standard InChI is InChI=1S/C14H30ClN3OSi/c1-10-17-12(15)18-14(6,16-7)11(2)19-20(8,9)13(3,4)5/h10-11,16H,1-9H3. The van der Waals surface area contributed by atoms with Crippen LogP contribution in [0.5, 0.6) is 0 Å². The Balaban J connectivity index is 5.23. The van der Waals surface area contributed by atoms with Gasteiger partial charge in [0.2, 0.25) is 5.29 Å². The first-order chi connectivity index (χ1) is 8.89. The van der Waals surface area contributed by atoms with Crippen molar-refractivity contribution < 1.29 is 4.43 Å². The summed E-state index contributed by atoms with van der Waals surface area (Å²) in [6.07, 6.45) is 1.52. The van der Waals surface area contributed by atoms with E-state index in [0.29, 0.717) is 0 Å². The van der Waals surface area contributed by atoms with Crippen LogP contribution in [-0.4, -0.2) is 38.6 Å². The quantitative estimate of drug-likeness (QED) is 0.360. The van der Waals surface area contributed by atoms with E-state index in [1.54, 1.807) is 6.21 Å². The number of amidine groups is 1. The fourth-order valence-electron chi connectivity index (χ4n) is 1.41. The van der Waals surface area contributed by atoms with E-state index in [-0.39, 0.29) is 16.4 Å². The average molecular weight is 320 g/mol. The normalized spacial score (nSPS) is 19.2. The minimum Gasteiger partial charge on any atom is -0.410 e. The molecule has 0 amide bonds. The molecule has 0 aromatic heterocycles. The molecule has 0 rings (SSSR count). The summed E-state index contributed by atoms with van der Waals surface area (Å²) in [5.41, 5.74) is -0.598. The van der Waals surface area contributed by atoms with Crippen molar-refractivity contribution >= 4 is 31.4 Å². The molecule has 0 aromatic carbocycles. The van der Waals surface area contributed by atoms with E-state index >= 15 is 0 Å². The summed E-state index contributed by atoms with van der Waals surface area (Å²) in [4.78, 5) is 8.44. The Kier molecular flexibility index (Phi) is 7.08. The molecule has 0 aliphatic rings. The van der Waals surface area contributed by atoms with Crippen LogP contribution in [0.15, 0.2) is 9.98 Å². The smallest absolute Gasteiger partial charge is 0.219 e. The number of rotatable bonds is 5. The monoisotopic (exact) mass is 319 g/mol. The van der Waals surface area contributed by atoms with Crippen molar-refractivity contribution in [1.29, 1.82) is 0 Å². The van der Waals surface area contributed by atoms with Crippen LogP contribution < -0.4 is 5.32 Å². The van der Waals surface area contributed by atoms with E-state index in [0.717, 1.165) is 0 Å². The van der Waals surface area contributed by atoms with Crippen molar-refractivity contribution in [2.75, 3.05) is 7.05 Å². The summed E-state index contributed by atoms with van der Waals surface area (Å²) in [5, 5.41) is 3.58. The third-order valence-electron chi connectivity index (χ3n) is 4.14. The number of halogens is 1. The Morgan fingerprint density at radius 1 is 1.30 bits per heavy atom. The van der Waals surface area contributed by atoms with Gasteiger partial charge in [-0.1, -0.05) is 20.8 Å². The fourth-order valence-corrected chi connectivity index (χ4v) is 3.15. The fraction of sp³-hybridized carbons (Fsp3) is 0.857. The van der Waals surface area contributed by atoms with E-state index in [4.69, 9.17) is 16.0 Å². The molecular formula is C14H30ClN3OSi. The zero-order valence-electron chi connectivity index (χ0n) is 14.3. The number of nitrogens with one attached hydrogen (secondary N) is 1. The van der Waals surface area contributed by atoms with Crippen LogP contribution in [0.3, 0.4) is 0 Å². The summed E-state index contributed by atoms with van der Waals surface area (Å²) in [6.45, 7) is 16.9. The van der Waals surface area contributed by atoms with Crippen molar-refractivity contribution in [1.82, 2.24) is 5.32 Å². The molecule has 0 spiro atoms. The second-order valence-electron chi connectivity index (χ2n) is 6.69. The first-order valence-corrected chi connectivity index (χ1v) is 10.3. The first kappa shape index (κ1) is 19.8. The molecule has 118 valence electrons. The zero-order chi connectivity index (χ0) is 16.2. The molecule has 2 atom stereocenters. The molecular weight excluding hydrogens is 290 g/mol. The van der Waals surface area contributed by atoms with E-state index in [9.17, 15) is 0 Å². The molecule has 0 bridgehead atoms. The molecule has 0 saturated carbocycles. The summed E-state index contributed by atoms with van der Waals surface area (Å²) < 4.78 is 6.40. The maximum atomic E-state index is 6.40. The van der Waals surface area contributed by atoms with E-state index in [1.165, 1.54) is 0 Å². The highest BCUT2D eigenvalue weighted by atomic mass is 35.5. The van der Waals surface area contributed by atoms with Gasteiger partial charge in [0.05, 0.1) is 6.10 Å². The predicted octanol–water partition coefficient (Wildman–Crippen LogP) is 4.02. The van der Waals surface area contributed by atoms with Crippen LogP contribution in [0, 0.1) is 0 Å². The van der Waals surface area contributed by atoms with E-state index < -0.39 is 14.0 Å². The van der Waals surface area contributed by atoms with Gasteiger partial charge in [0.15, 0.2) is 8.32 Å². The summed E-state index contributed by atoms with van der Waals surface area (Å²) in [5.74, 6) is 0. The van der Waals surface area contributed by atoms with Gasteiger partial charge in [-0.3, -0.25) is 5.32 Å². The Labute approximate surface area is 130 Å². The van der Waals surface area contributed by atoms with Crippen LogP contribution >= 0.6 is 11.6 Å². The highest BCUT2D eigenvalue weighted by Crippen LogP contribution is 2.38. The van der Waals surface area contributed by atoms with Crippen molar-refractivity contribution in [2.24, 2.45) is 9.98 Å². The predicted molar refractivity (Wildman–Crippen MR) is 92.7 cm³/mol. The molecule has 0 heterocycles. The van der Waals surface area contributed by atoms with Gasteiger partial charge < -0.3 is 4.43 Å². The Hall–Kier alpha value is -0.233. The lowest BCUT2D eigenvalue weighted by atomic mass is 10.1. The Morgan fingerprint density at radius 2 is 1.80 bits per heavy atom. The molecule has 0 aromatic rings. The molecule has 0 radical (unpaired) electrons. The van der Waals surface area contributed by atoms with Gasteiger partial charge in [-0.25, -0.2) is 9.98 Å². The molecule has 0 aliphatic heterocycles. The van der Waals surface area contributed by atoms with E-state index in [1.807, 2.05) is 27.8 Å². The van der Waals surface area contributed by atoms with Crippen LogP contribution in [0.25, 0.3) is 0 Å². The first-order valence-electron chi connectivity index (χ1n) is 7.00. The Bertz CT molecular complexity index is 377. The van der Waals surface area contributed by atoms with Crippen LogP contribution in [0.4, 0.5) is 0 Å². The minimum absolute atomic E-state index is 0.103. The molecule has 0 fully saturated rings. The maximum Gasteiger partial charge on any atom is 0.219 e. The molecule has 2 unspecified atom stereocenters. The van der Waals surface area contributed by atoms with Gasteiger partial charge in [-0.15, -0.1) is 0 Å². The molecule has 0 aliphatic carbocycles. The van der Waals surface area contributed by atoms with Crippen molar-refractivity contribution in [3.8, 4) is 0 Å². The number of aliphatic imine (C=N–C) groups is 2. The van der Waals surface area contributed by atoms with Crippen LogP contribution in [0.2, 0.25) is 18.1 Å². The third-order valence-corrected chi connectivity index (χ3v) is 8.87. The van der Waals surface area contributed by atoms with Crippen molar-refractivity contribution in [3.63, 3.8) is 0 Å².